The van der Waals surface area contributed by atoms with Crippen LogP contribution in [0.4, 0.5) is 11.4 Å². The molecule has 7 atom stereocenters. The van der Waals surface area contributed by atoms with Crippen LogP contribution in [-0.2, 0) is 52.8 Å². The van der Waals surface area contributed by atoms with E-state index in [1.807, 2.05) is 83.1 Å². The van der Waals surface area contributed by atoms with Gasteiger partial charge in [0.05, 0.1) is 40.0 Å². The summed E-state index contributed by atoms with van der Waals surface area (Å²) in [7, 11) is 0. The van der Waals surface area contributed by atoms with Gasteiger partial charge in [-0.2, -0.15) is 0 Å². The number of rotatable bonds is 18. The van der Waals surface area contributed by atoms with E-state index in [0.29, 0.717) is 43.5 Å². The lowest BCUT2D eigenvalue weighted by atomic mass is 9.85. The molecule has 4 aromatic rings. The fraction of sp³-hybridized carbons (Fsp3) is 0.462. The number of amides is 7. The number of unbranched alkanes of at least 4 members (excludes halogenated alkanes) is 1. The van der Waals surface area contributed by atoms with Crippen molar-refractivity contribution < 1.29 is 38.7 Å². The van der Waals surface area contributed by atoms with E-state index < -0.39 is 65.4 Å². The van der Waals surface area contributed by atoms with Gasteiger partial charge in [0.1, 0.15) is 24.2 Å². The first-order chi connectivity index (χ1) is 33.3. The Morgan fingerprint density at radius 1 is 0.914 bits per heavy atom. The number of likely N-dealkylation sites (tertiary alicyclic amines) is 1. The minimum atomic E-state index is -1.14. The van der Waals surface area contributed by atoms with E-state index in [-0.39, 0.29) is 62.4 Å². The number of nitrogens with two attached hydrogens (primary N) is 2. The lowest BCUT2D eigenvalue weighted by Crippen LogP contribution is -2.57. The topological polar surface area (TPSA) is 259 Å². The van der Waals surface area contributed by atoms with Crippen LogP contribution in [0, 0.1) is 12.3 Å². The number of para-hydroxylation sites is 1. The van der Waals surface area contributed by atoms with Crippen LogP contribution >= 0.6 is 11.3 Å². The van der Waals surface area contributed by atoms with E-state index in [4.69, 9.17) is 11.5 Å². The summed E-state index contributed by atoms with van der Waals surface area (Å²) in [5.74, 6) is -3.25. The number of hydrogen-bond donors (Lipinski definition) is 7. The number of nitrogens with zero attached hydrogens (tertiary/aromatic N) is 3. The molecule has 0 saturated carbocycles. The van der Waals surface area contributed by atoms with Gasteiger partial charge in [-0.3, -0.25) is 38.5 Å². The number of carbonyl (C=O) groups excluding carboxylic acids is 7. The van der Waals surface area contributed by atoms with Gasteiger partial charge in [-0.15, -0.1) is 11.3 Å². The molecule has 17 nitrogen and oxygen atoms in total. The van der Waals surface area contributed by atoms with Gasteiger partial charge in [-0.05, 0) is 97.7 Å². The normalized spacial score (nSPS) is 19.9. The Balaban J connectivity index is 0.908. The molecule has 7 amide bonds. The zero-order valence-electron chi connectivity index (χ0n) is 40.5. The van der Waals surface area contributed by atoms with Crippen LogP contribution < -0.4 is 37.6 Å². The van der Waals surface area contributed by atoms with E-state index in [2.05, 4.69) is 26.3 Å². The van der Waals surface area contributed by atoms with Crippen molar-refractivity contribution in [2.24, 2.45) is 16.9 Å². The molecule has 3 aliphatic heterocycles. The molecule has 0 bridgehead atoms. The first-order valence-corrected chi connectivity index (χ1v) is 24.9. The Bertz CT molecular complexity index is 2610. The van der Waals surface area contributed by atoms with Crippen LogP contribution in [0.25, 0.3) is 10.4 Å². The summed E-state index contributed by atoms with van der Waals surface area (Å²) in [6.07, 6.45) is 2.04. The summed E-state index contributed by atoms with van der Waals surface area (Å²) < 4.78 is 0. The molecule has 372 valence electrons. The number of thiazole rings is 1. The third-order valence-corrected chi connectivity index (χ3v) is 14.4. The second-order valence-electron chi connectivity index (χ2n) is 19.8. The minimum Gasteiger partial charge on any atom is -0.391 e. The maximum absolute atomic E-state index is 14.2. The Morgan fingerprint density at radius 2 is 1.63 bits per heavy atom. The number of primary amides is 1. The highest BCUT2D eigenvalue weighted by Gasteiger charge is 2.46. The Hall–Kier alpha value is -6.50. The number of aromatic nitrogens is 1. The summed E-state index contributed by atoms with van der Waals surface area (Å²) >= 11 is 1.56. The third-order valence-electron chi connectivity index (χ3n) is 13.4. The summed E-state index contributed by atoms with van der Waals surface area (Å²) in [6.45, 7) is 9.31. The highest BCUT2D eigenvalue weighted by molar-refractivity contribution is 7.13. The number of anilines is 2. The molecule has 3 aromatic carbocycles. The third kappa shape index (κ3) is 12.1. The van der Waals surface area contributed by atoms with Crippen molar-refractivity contribution in [1.82, 2.24) is 25.8 Å². The van der Waals surface area contributed by atoms with Crippen molar-refractivity contribution in [2.45, 2.75) is 141 Å². The van der Waals surface area contributed by atoms with Gasteiger partial charge >= 0.3 is 0 Å². The standard InChI is InChI=1S/C52H65N9O8S/c1-29(32-16-18-34(19-17-32)45-30(2)55-28-70-45)56-48(66)40-26-37(62)27-60(40)51(69)46(52(3,4)5)59-43(64)15-7-6-10-31-11-8-14-36(24-31)57-47(65)39(22-23-42(54)63)58-49(67)41-25-35-13-9-12-33-20-21-38(53)50(68)61(41)44(33)35/h8-9,11-14,16-19,24,28-29,37-41,46,62H,6-7,10,15,20-23,25-27,53H2,1-5H3,(H2,54,63)(H,56,66)(H,57,65)(H,58,67)(H,59,64)/t29-,37+,38-,39-,40-,41-,46+/m0/s1. The van der Waals surface area contributed by atoms with Crippen LogP contribution in [0.5, 0.6) is 0 Å². The van der Waals surface area contributed by atoms with E-state index in [0.717, 1.165) is 38.4 Å². The number of aliphatic hydroxyl groups is 1. The molecule has 0 spiro atoms. The molecule has 1 fully saturated rings. The van der Waals surface area contributed by atoms with Crippen LogP contribution in [0.2, 0.25) is 0 Å². The van der Waals surface area contributed by atoms with Gasteiger partial charge in [0.25, 0.3) is 0 Å². The summed E-state index contributed by atoms with van der Waals surface area (Å²) in [4.78, 5) is 103. The number of aryl methyl sites for hydroxylation is 3. The molecule has 70 heavy (non-hydrogen) atoms. The molecule has 4 heterocycles. The lowest BCUT2D eigenvalue weighted by Gasteiger charge is -2.35. The maximum atomic E-state index is 14.2. The number of nitrogens with one attached hydrogen (secondary N) is 4. The van der Waals surface area contributed by atoms with Crippen molar-refractivity contribution in [3.8, 4) is 10.4 Å². The average molecular weight is 976 g/mol. The van der Waals surface area contributed by atoms with E-state index in [9.17, 15) is 38.7 Å². The number of β-amino-alcohol motifs (C(OH)–C–C–N with tert-alkyl or cyclic N) is 1. The first-order valence-electron chi connectivity index (χ1n) is 24.1. The van der Waals surface area contributed by atoms with E-state index >= 15 is 0 Å². The SMILES string of the molecule is Cc1ncsc1-c1ccc([C@H](C)NC(=O)[C@@H]2C[C@@H](O)CN2C(=O)[C@@H](NC(=O)CCCCc2cccc(NC(=O)[C@H](CCC(N)=O)NC(=O)[C@@H]3Cc4cccc5c4N3C(=O)[C@@H](N)CC5)c2)C(C)(C)C)cc1. The molecule has 9 N–H and O–H groups in total. The minimum absolute atomic E-state index is 0.0360. The van der Waals surface area contributed by atoms with Gasteiger partial charge in [0.15, 0.2) is 0 Å². The van der Waals surface area contributed by atoms with E-state index in [1.54, 1.807) is 35.0 Å². The van der Waals surface area contributed by atoms with Gasteiger partial charge in [0.2, 0.25) is 41.4 Å². The van der Waals surface area contributed by atoms with Crippen LogP contribution in [0.15, 0.2) is 72.2 Å². The van der Waals surface area contributed by atoms with Gasteiger partial charge in [-0.1, -0.05) is 75.4 Å². The molecule has 18 heteroatoms. The van der Waals surface area contributed by atoms with Crippen LogP contribution in [0.3, 0.4) is 0 Å². The van der Waals surface area contributed by atoms with Gasteiger partial charge in [0, 0.05) is 37.9 Å². The molecule has 0 unspecified atom stereocenters. The molecule has 0 aliphatic carbocycles. The van der Waals surface area contributed by atoms with Crippen LogP contribution in [-0.4, -0.2) is 99.2 Å². The molecule has 1 saturated heterocycles. The fourth-order valence-electron chi connectivity index (χ4n) is 9.58. The number of benzene rings is 3. The van der Waals surface area contributed by atoms with Gasteiger partial charge < -0.3 is 42.7 Å². The number of aliphatic hydroxyl groups excluding tert-OH is 1. The van der Waals surface area contributed by atoms with Crippen molar-refractivity contribution >= 4 is 64.1 Å². The highest BCUT2D eigenvalue weighted by Crippen LogP contribution is 2.39. The molecule has 3 aliphatic rings. The maximum Gasteiger partial charge on any atom is 0.246 e. The predicted octanol–water partition coefficient (Wildman–Crippen LogP) is 4.12. The monoisotopic (exact) mass is 975 g/mol. The largest absolute Gasteiger partial charge is 0.391 e. The summed E-state index contributed by atoms with van der Waals surface area (Å²) in [5.41, 5.74) is 19.4. The van der Waals surface area contributed by atoms with Crippen molar-refractivity contribution in [1.29, 1.82) is 0 Å². The summed E-state index contributed by atoms with van der Waals surface area (Å²) in [6, 6.07) is 15.7. The molecule has 0 radical (unpaired) electrons. The number of hydrogen-bond acceptors (Lipinski definition) is 11. The quantitative estimate of drug-likeness (QED) is 0.0702. The smallest absolute Gasteiger partial charge is 0.246 e. The first kappa shape index (κ1) is 51.4. The Morgan fingerprint density at radius 3 is 2.33 bits per heavy atom. The molecular formula is C52H65N9O8S. The molecule has 1 aromatic heterocycles. The zero-order chi connectivity index (χ0) is 50.4. The second kappa shape index (κ2) is 22.1. The highest BCUT2D eigenvalue weighted by atomic mass is 32.1. The number of carbonyl (C=O) groups is 7. The van der Waals surface area contributed by atoms with E-state index in [1.165, 1.54) is 9.80 Å². The van der Waals surface area contributed by atoms with Crippen molar-refractivity contribution in [2.75, 3.05) is 16.8 Å². The van der Waals surface area contributed by atoms with Gasteiger partial charge in [-0.25, -0.2) is 4.98 Å². The summed E-state index contributed by atoms with van der Waals surface area (Å²) in [5, 5.41) is 22.3. The fourth-order valence-corrected chi connectivity index (χ4v) is 10.4. The molecule has 7 rings (SSSR count). The Labute approximate surface area is 412 Å². The van der Waals surface area contributed by atoms with Crippen molar-refractivity contribution in [3.05, 3.63) is 100 Å². The molecular weight excluding hydrogens is 911 g/mol. The lowest BCUT2D eigenvalue weighted by molar-refractivity contribution is -0.144. The average Bonchev–Trinajstić information content (AvgIpc) is 4.03. The second-order valence-corrected chi connectivity index (χ2v) is 20.7. The van der Waals surface area contributed by atoms with Crippen LogP contribution in [0.1, 0.15) is 107 Å². The van der Waals surface area contributed by atoms with Crippen molar-refractivity contribution in [3.63, 3.8) is 0 Å². The zero-order valence-corrected chi connectivity index (χ0v) is 41.3. The predicted molar refractivity (Wildman–Crippen MR) is 267 cm³/mol. The Kier molecular flexibility index (Phi) is 16.2.